The Hall–Kier alpha value is -4.32. The SMILES string of the molecule is O=C1N[C@@H]2C[C@H](c3c(OC(F)F)cccc31)n1c2nc2ccc(C#Cc3cncnc3)cc21. The van der Waals surface area contributed by atoms with E-state index < -0.39 is 6.61 Å². The quantitative estimate of drug-likeness (QED) is 0.479. The van der Waals surface area contributed by atoms with Gasteiger partial charge in [-0.05, 0) is 36.8 Å². The summed E-state index contributed by atoms with van der Waals surface area (Å²) in [5.74, 6) is 6.49. The van der Waals surface area contributed by atoms with Crippen LogP contribution in [-0.2, 0) is 0 Å². The molecular formula is C24H15F2N5O2. The van der Waals surface area contributed by atoms with Crippen molar-refractivity contribution in [2.45, 2.75) is 25.1 Å². The second-order valence-corrected chi connectivity index (χ2v) is 7.79. The fourth-order valence-electron chi connectivity index (χ4n) is 4.60. The van der Waals surface area contributed by atoms with Crippen molar-refractivity contribution in [1.82, 2.24) is 24.8 Å². The minimum absolute atomic E-state index is 0.00183. The Morgan fingerprint density at radius 2 is 1.94 bits per heavy atom. The molecule has 2 aliphatic heterocycles. The van der Waals surface area contributed by atoms with E-state index >= 15 is 0 Å². The summed E-state index contributed by atoms with van der Waals surface area (Å²) in [5.41, 5.74) is 3.76. The van der Waals surface area contributed by atoms with Crippen LogP contribution >= 0.6 is 0 Å². The molecule has 2 atom stereocenters. The van der Waals surface area contributed by atoms with Gasteiger partial charge in [0, 0.05) is 29.1 Å². The van der Waals surface area contributed by atoms with Gasteiger partial charge in [0.25, 0.3) is 5.91 Å². The van der Waals surface area contributed by atoms with Crippen molar-refractivity contribution >= 4 is 16.9 Å². The van der Waals surface area contributed by atoms with Crippen LogP contribution in [0.2, 0.25) is 0 Å². The van der Waals surface area contributed by atoms with Crippen LogP contribution < -0.4 is 10.1 Å². The Labute approximate surface area is 186 Å². The first-order valence-electron chi connectivity index (χ1n) is 10.3. The molecule has 0 fully saturated rings. The van der Waals surface area contributed by atoms with Gasteiger partial charge in [-0.15, -0.1) is 0 Å². The van der Waals surface area contributed by atoms with Gasteiger partial charge in [0.05, 0.1) is 28.7 Å². The summed E-state index contributed by atoms with van der Waals surface area (Å²) in [6, 6.07) is 9.56. The molecule has 4 aromatic rings. The van der Waals surface area contributed by atoms with Crippen molar-refractivity contribution in [1.29, 1.82) is 0 Å². The van der Waals surface area contributed by atoms with E-state index in [0.29, 0.717) is 28.9 Å². The number of hydrogen-bond donors (Lipinski definition) is 1. The molecule has 1 amide bonds. The lowest BCUT2D eigenvalue weighted by atomic mass is 9.97. The third-order valence-electron chi connectivity index (χ3n) is 5.88. The number of amides is 1. The number of carbonyl (C=O) groups is 1. The highest BCUT2D eigenvalue weighted by Gasteiger charge is 2.42. The molecule has 2 aromatic carbocycles. The van der Waals surface area contributed by atoms with E-state index in [1.54, 1.807) is 24.5 Å². The normalized spacial score (nSPS) is 18.2. The first-order valence-corrected chi connectivity index (χ1v) is 10.3. The van der Waals surface area contributed by atoms with Gasteiger partial charge in [0.15, 0.2) is 0 Å². The third-order valence-corrected chi connectivity index (χ3v) is 5.88. The van der Waals surface area contributed by atoms with Gasteiger partial charge < -0.3 is 14.6 Å². The van der Waals surface area contributed by atoms with Crippen LogP contribution in [0.25, 0.3) is 11.0 Å². The summed E-state index contributed by atoms with van der Waals surface area (Å²) < 4.78 is 33.1. The molecule has 7 nitrogen and oxygen atoms in total. The minimum Gasteiger partial charge on any atom is -0.434 e. The second-order valence-electron chi connectivity index (χ2n) is 7.79. The molecule has 0 radical (unpaired) electrons. The van der Waals surface area contributed by atoms with E-state index in [-0.39, 0.29) is 23.7 Å². The van der Waals surface area contributed by atoms with Crippen molar-refractivity contribution in [3.63, 3.8) is 0 Å². The highest BCUT2D eigenvalue weighted by atomic mass is 19.3. The maximum absolute atomic E-state index is 13.1. The van der Waals surface area contributed by atoms with Crippen LogP contribution in [0.1, 0.15) is 51.4 Å². The van der Waals surface area contributed by atoms with Crippen LogP contribution in [0.15, 0.2) is 55.1 Å². The average molecular weight is 443 g/mol. The monoisotopic (exact) mass is 443 g/mol. The van der Waals surface area contributed by atoms with Crippen LogP contribution in [-0.4, -0.2) is 32.0 Å². The molecule has 33 heavy (non-hydrogen) atoms. The number of carbonyl (C=O) groups excluding carboxylic acids is 1. The first-order chi connectivity index (χ1) is 16.1. The highest BCUT2D eigenvalue weighted by molar-refractivity contribution is 5.98. The van der Waals surface area contributed by atoms with Crippen molar-refractivity contribution < 1.29 is 18.3 Å². The van der Waals surface area contributed by atoms with Crippen molar-refractivity contribution in [2.24, 2.45) is 0 Å². The predicted molar refractivity (Wildman–Crippen MR) is 114 cm³/mol. The molecule has 0 unspecified atom stereocenters. The molecule has 0 aliphatic carbocycles. The van der Waals surface area contributed by atoms with Gasteiger partial charge in [-0.2, -0.15) is 8.78 Å². The zero-order valence-corrected chi connectivity index (χ0v) is 17.0. The second kappa shape index (κ2) is 7.38. The third kappa shape index (κ3) is 3.19. The molecule has 9 heteroatoms. The van der Waals surface area contributed by atoms with Crippen LogP contribution in [0.5, 0.6) is 5.75 Å². The summed E-state index contributed by atoms with van der Waals surface area (Å²) in [5, 5.41) is 2.98. The number of imidazole rings is 1. The lowest BCUT2D eigenvalue weighted by Crippen LogP contribution is -2.28. The molecule has 4 heterocycles. The molecule has 2 bridgehead atoms. The Morgan fingerprint density at radius 3 is 2.76 bits per heavy atom. The smallest absolute Gasteiger partial charge is 0.387 e. The van der Waals surface area contributed by atoms with Gasteiger partial charge in [0.1, 0.15) is 17.9 Å². The maximum Gasteiger partial charge on any atom is 0.387 e. The number of alkyl halides is 2. The molecule has 2 aliphatic rings. The Balaban J connectivity index is 1.51. The van der Waals surface area contributed by atoms with E-state index in [0.717, 1.165) is 16.6 Å². The largest absolute Gasteiger partial charge is 0.434 e. The standard InChI is InChI=1S/C24H15F2N5O2/c25-24(26)33-20-3-1-2-15-21(20)19-9-17(30-23(15)32)22-29-16-7-6-13(8-18(16)31(19)22)4-5-14-10-27-12-28-11-14/h1-3,6-8,10-12,17,19,24H,9H2,(H,30,32)/t17-,19-/m1/s1. The zero-order valence-electron chi connectivity index (χ0n) is 17.0. The zero-order chi connectivity index (χ0) is 22.5. The maximum atomic E-state index is 13.1. The fraction of sp³-hybridized carbons (Fsp3) is 0.167. The van der Waals surface area contributed by atoms with Gasteiger partial charge in [0.2, 0.25) is 0 Å². The number of benzene rings is 2. The Morgan fingerprint density at radius 1 is 1.12 bits per heavy atom. The number of fused-ring (bicyclic) bond motifs is 9. The van der Waals surface area contributed by atoms with E-state index in [4.69, 9.17) is 9.72 Å². The van der Waals surface area contributed by atoms with Gasteiger partial charge >= 0.3 is 6.61 Å². The van der Waals surface area contributed by atoms with E-state index in [9.17, 15) is 13.6 Å². The molecule has 0 spiro atoms. The molecule has 6 rings (SSSR count). The van der Waals surface area contributed by atoms with Gasteiger partial charge in [-0.3, -0.25) is 4.79 Å². The molecular weight excluding hydrogens is 428 g/mol. The molecule has 0 saturated heterocycles. The summed E-state index contributed by atoms with van der Waals surface area (Å²) in [6.07, 6.45) is 5.20. The first kappa shape index (κ1) is 19.4. The topological polar surface area (TPSA) is 81.9 Å². The van der Waals surface area contributed by atoms with E-state index in [1.807, 2.05) is 22.8 Å². The summed E-state index contributed by atoms with van der Waals surface area (Å²) in [7, 11) is 0. The fourth-order valence-corrected chi connectivity index (χ4v) is 4.60. The van der Waals surface area contributed by atoms with Crippen molar-refractivity contribution in [3.8, 4) is 17.6 Å². The van der Waals surface area contributed by atoms with E-state index in [2.05, 4.69) is 27.1 Å². The number of nitrogens with one attached hydrogen (secondary N) is 1. The average Bonchev–Trinajstić information content (AvgIpc) is 3.30. The van der Waals surface area contributed by atoms with Crippen molar-refractivity contribution in [3.05, 3.63) is 83.2 Å². The number of nitrogens with zero attached hydrogens (tertiary/aromatic N) is 4. The van der Waals surface area contributed by atoms with Crippen LogP contribution in [0.4, 0.5) is 8.78 Å². The van der Waals surface area contributed by atoms with Gasteiger partial charge in [-0.1, -0.05) is 17.9 Å². The Bertz CT molecular complexity index is 1470. The van der Waals surface area contributed by atoms with E-state index in [1.165, 1.54) is 12.4 Å². The summed E-state index contributed by atoms with van der Waals surface area (Å²) >= 11 is 0. The van der Waals surface area contributed by atoms with Crippen LogP contribution in [0, 0.1) is 11.8 Å². The number of halogens is 2. The number of ether oxygens (including phenoxy) is 1. The molecule has 2 aromatic heterocycles. The van der Waals surface area contributed by atoms with Crippen molar-refractivity contribution in [2.75, 3.05) is 0 Å². The number of rotatable bonds is 2. The predicted octanol–water partition coefficient (Wildman–Crippen LogP) is 3.61. The number of hydrogen-bond acceptors (Lipinski definition) is 5. The highest BCUT2D eigenvalue weighted by Crippen LogP contribution is 2.47. The molecule has 1 N–H and O–H groups in total. The Kier molecular flexibility index (Phi) is 4.33. The van der Waals surface area contributed by atoms with Gasteiger partial charge in [-0.25, -0.2) is 15.0 Å². The lowest BCUT2D eigenvalue weighted by molar-refractivity contribution is -0.0507. The number of aromatic nitrogens is 4. The van der Waals surface area contributed by atoms with Crippen LogP contribution in [0.3, 0.4) is 0 Å². The molecule has 162 valence electrons. The summed E-state index contributed by atoms with van der Waals surface area (Å²) in [6.45, 7) is -3.00. The minimum atomic E-state index is -3.00. The lowest BCUT2D eigenvalue weighted by Gasteiger charge is -2.21. The molecule has 0 saturated carbocycles. The summed E-state index contributed by atoms with van der Waals surface area (Å²) in [4.78, 5) is 25.5.